The van der Waals surface area contributed by atoms with Crippen molar-refractivity contribution in [3.8, 4) is 0 Å². The number of aromatic amines is 3. The predicted octanol–water partition coefficient (Wildman–Crippen LogP) is 0.127. The molecule has 2 aromatic rings. The number of nitrogens with one attached hydrogen (secondary N) is 4. The number of halogens is 1. The topological polar surface area (TPSA) is 114 Å². The monoisotopic (exact) mass is 328 g/mol. The minimum atomic E-state index is -0.770. The highest BCUT2D eigenvalue weighted by Gasteiger charge is 2.11. The first-order chi connectivity index (χ1) is 9.04. The molecule has 1 atom stereocenters. The summed E-state index contributed by atoms with van der Waals surface area (Å²) in [6.07, 6.45) is 2.63. The smallest absolute Gasteiger partial charge is 0.323 e. The highest BCUT2D eigenvalue weighted by Crippen LogP contribution is 2.10. The Labute approximate surface area is 116 Å². The highest BCUT2D eigenvalue weighted by atomic mass is 79.9. The molecule has 8 heteroatoms. The van der Waals surface area contributed by atoms with Gasteiger partial charge in [-0.25, -0.2) is 4.79 Å². The molecule has 0 aliphatic heterocycles. The molecule has 0 aliphatic carbocycles. The van der Waals surface area contributed by atoms with E-state index in [0.717, 1.165) is 4.47 Å². The molecule has 2 heterocycles. The van der Waals surface area contributed by atoms with Crippen molar-refractivity contribution in [3.63, 3.8) is 0 Å². The number of hydrogen-bond donors (Lipinski definition) is 5. The van der Waals surface area contributed by atoms with E-state index in [1.807, 2.05) is 0 Å². The average Bonchev–Trinajstić information content (AvgIpc) is 2.95. The molecule has 0 radical (unpaired) electrons. The highest BCUT2D eigenvalue weighted by molar-refractivity contribution is 9.10. The maximum atomic E-state index is 11.7. The van der Waals surface area contributed by atoms with Crippen molar-refractivity contribution in [1.82, 2.24) is 20.3 Å². The fraction of sp³-hybridized carbons (Fsp3) is 0.273. The minimum Gasteiger partial charge on any atom is -0.391 e. The van der Waals surface area contributed by atoms with Gasteiger partial charge in [0.05, 0.1) is 6.10 Å². The van der Waals surface area contributed by atoms with E-state index in [1.54, 1.807) is 12.3 Å². The lowest BCUT2D eigenvalue weighted by Crippen LogP contribution is -2.33. The van der Waals surface area contributed by atoms with Crippen LogP contribution in [-0.2, 0) is 6.42 Å². The Morgan fingerprint density at radius 2 is 2.21 bits per heavy atom. The Morgan fingerprint density at radius 3 is 2.79 bits per heavy atom. The Balaban J connectivity index is 1.81. The molecule has 7 nitrogen and oxygen atoms in total. The van der Waals surface area contributed by atoms with Gasteiger partial charge in [0.2, 0.25) is 0 Å². The van der Waals surface area contributed by atoms with Crippen molar-refractivity contribution >= 4 is 21.8 Å². The molecule has 0 spiro atoms. The SMILES string of the molecule is O=C(NCC(O)Cc1c[nH]c(=O)[nH]1)c1cc(Br)c[nH]1. The molecule has 0 fully saturated rings. The normalized spacial score (nSPS) is 12.3. The molecule has 5 N–H and O–H groups in total. The second-order valence-electron chi connectivity index (χ2n) is 4.07. The molecule has 1 amide bonds. The van der Waals surface area contributed by atoms with Crippen LogP contribution in [0, 0.1) is 0 Å². The molecular weight excluding hydrogens is 316 g/mol. The van der Waals surface area contributed by atoms with Gasteiger partial charge in [-0.1, -0.05) is 0 Å². The summed E-state index contributed by atoms with van der Waals surface area (Å²) in [6.45, 7) is 0.0999. The van der Waals surface area contributed by atoms with Crippen molar-refractivity contribution in [2.45, 2.75) is 12.5 Å². The van der Waals surface area contributed by atoms with E-state index in [1.165, 1.54) is 6.20 Å². The van der Waals surface area contributed by atoms with Crippen LogP contribution in [0.4, 0.5) is 0 Å². The molecule has 1 unspecified atom stereocenters. The molecule has 102 valence electrons. The van der Waals surface area contributed by atoms with E-state index in [-0.39, 0.29) is 24.6 Å². The molecule has 2 aromatic heterocycles. The van der Waals surface area contributed by atoms with E-state index in [9.17, 15) is 14.7 Å². The van der Waals surface area contributed by atoms with Gasteiger partial charge in [-0.15, -0.1) is 0 Å². The summed E-state index contributed by atoms with van der Waals surface area (Å²) in [7, 11) is 0. The largest absolute Gasteiger partial charge is 0.391 e. The van der Waals surface area contributed by atoms with Crippen LogP contribution in [0.15, 0.2) is 27.7 Å². The number of aromatic nitrogens is 3. The quantitative estimate of drug-likeness (QED) is 0.537. The number of rotatable bonds is 5. The number of carbonyl (C=O) groups excluding carboxylic acids is 1. The van der Waals surface area contributed by atoms with Crippen molar-refractivity contribution in [1.29, 1.82) is 0 Å². The summed E-state index contributed by atoms with van der Waals surface area (Å²) < 4.78 is 0.781. The van der Waals surface area contributed by atoms with Crippen LogP contribution in [0.2, 0.25) is 0 Å². The van der Waals surface area contributed by atoms with Gasteiger partial charge in [-0.05, 0) is 22.0 Å². The summed E-state index contributed by atoms with van der Waals surface area (Å²) in [5.41, 5.74) is 0.686. The zero-order valence-corrected chi connectivity index (χ0v) is 11.5. The molecule has 19 heavy (non-hydrogen) atoms. The van der Waals surface area contributed by atoms with Gasteiger partial charge >= 0.3 is 5.69 Å². The van der Waals surface area contributed by atoms with Crippen molar-refractivity contribution in [2.75, 3.05) is 6.54 Å². The lowest BCUT2D eigenvalue weighted by atomic mass is 10.2. The van der Waals surface area contributed by atoms with Crippen LogP contribution in [0.3, 0.4) is 0 Å². The Hall–Kier alpha value is -1.80. The number of hydrogen-bond acceptors (Lipinski definition) is 3. The van der Waals surface area contributed by atoms with Gasteiger partial charge < -0.3 is 25.4 Å². The van der Waals surface area contributed by atoms with E-state index in [4.69, 9.17) is 0 Å². The van der Waals surface area contributed by atoms with E-state index >= 15 is 0 Å². The van der Waals surface area contributed by atoms with Gasteiger partial charge in [0, 0.05) is 35.5 Å². The van der Waals surface area contributed by atoms with Gasteiger partial charge in [0.25, 0.3) is 5.91 Å². The van der Waals surface area contributed by atoms with Gasteiger partial charge in [-0.2, -0.15) is 0 Å². The van der Waals surface area contributed by atoms with Crippen molar-refractivity contribution < 1.29 is 9.90 Å². The molecule has 0 aromatic carbocycles. The van der Waals surface area contributed by atoms with Crippen molar-refractivity contribution in [3.05, 3.63) is 44.8 Å². The van der Waals surface area contributed by atoms with E-state index in [0.29, 0.717) is 11.4 Å². The first-order valence-corrected chi connectivity index (χ1v) is 6.40. The molecule has 0 saturated heterocycles. The lowest BCUT2D eigenvalue weighted by molar-refractivity contribution is 0.0911. The fourth-order valence-corrected chi connectivity index (χ4v) is 1.95. The summed E-state index contributed by atoms with van der Waals surface area (Å²) in [5.74, 6) is -0.299. The third-order valence-corrected chi connectivity index (χ3v) is 2.96. The first-order valence-electron chi connectivity index (χ1n) is 5.61. The second kappa shape index (κ2) is 5.89. The van der Waals surface area contributed by atoms with Crippen LogP contribution in [-0.4, -0.2) is 38.6 Å². The van der Waals surface area contributed by atoms with E-state index in [2.05, 4.69) is 36.2 Å². The summed E-state index contributed by atoms with van der Waals surface area (Å²) in [5, 5.41) is 12.3. The Bertz CT molecular complexity index is 615. The average molecular weight is 329 g/mol. The number of amides is 1. The number of imidazole rings is 1. The minimum absolute atomic E-state index is 0.0999. The summed E-state index contributed by atoms with van der Waals surface area (Å²) >= 11 is 3.23. The summed E-state index contributed by atoms with van der Waals surface area (Å²) in [4.78, 5) is 30.3. The number of H-pyrrole nitrogens is 3. The Morgan fingerprint density at radius 1 is 1.42 bits per heavy atom. The first kappa shape index (κ1) is 13.6. The fourth-order valence-electron chi connectivity index (χ4n) is 1.61. The standard InChI is InChI=1S/C11H13BrN4O3/c12-6-1-9(13-3-6)10(18)14-5-8(17)2-7-4-15-11(19)16-7/h1,3-4,8,13,17H,2,5H2,(H,14,18)(H2,15,16,19). The number of aliphatic hydroxyl groups excluding tert-OH is 1. The molecule has 0 aliphatic rings. The maximum Gasteiger partial charge on any atom is 0.323 e. The van der Waals surface area contributed by atoms with Gasteiger partial charge in [0.15, 0.2) is 0 Å². The van der Waals surface area contributed by atoms with Crippen LogP contribution in [0.25, 0.3) is 0 Å². The zero-order valence-electron chi connectivity index (χ0n) is 9.87. The third-order valence-electron chi connectivity index (χ3n) is 2.50. The zero-order chi connectivity index (χ0) is 13.8. The van der Waals surface area contributed by atoms with Crippen LogP contribution in [0.5, 0.6) is 0 Å². The maximum absolute atomic E-state index is 11.7. The molecule has 0 saturated carbocycles. The Kier molecular flexibility index (Phi) is 4.23. The van der Waals surface area contributed by atoms with Gasteiger partial charge in [-0.3, -0.25) is 4.79 Å². The molecular formula is C11H13BrN4O3. The summed E-state index contributed by atoms with van der Waals surface area (Å²) in [6, 6.07) is 1.64. The molecule has 0 bridgehead atoms. The second-order valence-corrected chi connectivity index (χ2v) is 4.98. The van der Waals surface area contributed by atoms with E-state index < -0.39 is 6.10 Å². The number of carbonyl (C=O) groups is 1. The predicted molar refractivity (Wildman–Crippen MR) is 72.0 cm³/mol. The van der Waals surface area contributed by atoms with Crippen molar-refractivity contribution in [2.24, 2.45) is 0 Å². The molecule has 2 rings (SSSR count). The van der Waals surface area contributed by atoms with Crippen LogP contribution in [0.1, 0.15) is 16.2 Å². The van der Waals surface area contributed by atoms with Crippen LogP contribution >= 0.6 is 15.9 Å². The van der Waals surface area contributed by atoms with Crippen LogP contribution < -0.4 is 11.0 Å². The third kappa shape index (κ3) is 3.83. The lowest BCUT2D eigenvalue weighted by Gasteiger charge is -2.10. The number of aliphatic hydroxyl groups is 1. The van der Waals surface area contributed by atoms with Gasteiger partial charge in [0.1, 0.15) is 5.69 Å².